The molecule has 94 valence electrons. The van der Waals surface area contributed by atoms with Gasteiger partial charge >= 0.3 is 0 Å². The van der Waals surface area contributed by atoms with E-state index < -0.39 is 5.60 Å². The maximum Gasteiger partial charge on any atom is 0.105 e. The lowest BCUT2D eigenvalue weighted by Gasteiger charge is -2.52. The molecule has 2 N–H and O–H groups in total. The van der Waals surface area contributed by atoms with Crippen molar-refractivity contribution in [2.75, 3.05) is 33.4 Å². The minimum absolute atomic E-state index is 0.313. The van der Waals surface area contributed by atoms with Crippen molar-refractivity contribution < 1.29 is 9.84 Å². The smallest absolute Gasteiger partial charge is 0.105 e. The number of nitrogens with zero attached hydrogens (tertiary/aromatic N) is 1. The molecule has 0 unspecified atom stereocenters. The molecule has 2 rings (SSSR count). The zero-order chi connectivity index (χ0) is 11.6. The summed E-state index contributed by atoms with van der Waals surface area (Å²) in [6.45, 7) is 5.52. The molecule has 0 bridgehead atoms. The molecule has 2 aliphatic rings. The molecule has 2 aliphatic heterocycles. The van der Waals surface area contributed by atoms with Crippen LogP contribution in [-0.2, 0) is 4.74 Å². The van der Waals surface area contributed by atoms with Gasteiger partial charge in [0.1, 0.15) is 5.60 Å². The Balaban J connectivity index is 2.01. The minimum Gasteiger partial charge on any atom is -0.386 e. The number of β-amino-alcohol motifs (C(OH)–C–C–N with tert-alkyl or cyclic N) is 1. The summed E-state index contributed by atoms with van der Waals surface area (Å²) in [5, 5.41) is 13.7. The first kappa shape index (κ1) is 12.3. The molecule has 0 aromatic rings. The lowest BCUT2D eigenvalue weighted by atomic mass is 9.81. The monoisotopic (exact) mass is 228 g/mol. The summed E-state index contributed by atoms with van der Waals surface area (Å²) in [5.74, 6) is 0. The molecule has 0 aromatic heterocycles. The van der Waals surface area contributed by atoms with Gasteiger partial charge < -0.3 is 15.2 Å². The summed E-state index contributed by atoms with van der Waals surface area (Å²) in [7, 11) is 1.75. The summed E-state index contributed by atoms with van der Waals surface area (Å²) >= 11 is 0. The van der Waals surface area contributed by atoms with Crippen molar-refractivity contribution >= 4 is 0 Å². The van der Waals surface area contributed by atoms with Gasteiger partial charge in [0, 0.05) is 32.3 Å². The largest absolute Gasteiger partial charge is 0.386 e. The molecule has 2 saturated heterocycles. The van der Waals surface area contributed by atoms with Gasteiger partial charge in [-0.3, -0.25) is 4.90 Å². The third-order valence-corrected chi connectivity index (χ3v) is 4.00. The SMILES string of the molecule is COC[C@H](C)N1CCCC[C@H]1C1(O)CNC1. The summed E-state index contributed by atoms with van der Waals surface area (Å²) in [4.78, 5) is 2.44. The summed E-state index contributed by atoms with van der Waals surface area (Å²) in [6, 6.07) is 0.715. The Bertz CT molecular complexity index is 231. The van der Waals surface area contributed by atoms with E-state index in [0.29, 0.717) is 12.1 Å². The molecule has 4 nitrogen and oxygen atoms in total. The third kappa shape index (κ3) is 2.25. The molecular weight excluding hydrogens is 204 g/mol. The van der Waals surface area contributed by atoms with Crippen LogP contribution in [0.15, 0.2) is 0 Å². The number of ether oxygens (including phenoxy) is 1. The second kappa shape index (κ2) is 5.00. The number of piperidine rings is 1. The van der Waals surface area contributed by atoms with Crippen molar-refractivity contribution in [3.05, 3.63) is 0 Å². The topological polar surface area (TPSA) is 44.7 Å². The van der Waals surface area contributed by atoms with Crippen LogP contribution < -0.4 is 5.32 Å². The number of hydrogen-bond donors (Lipinski definition) is 2. The highest BCUT2D eigenvalue weighted by molar-refractivity contribution is 5.04. The molecule has 0 amide bonds. The summed E-state index contributed by atoms with van der Waals surface area (Å²) < 4.78 is 5.23. The Morgan fingerprint density at radius 1 is 1.50 bits per heavy atom. The van der Waals surface area contributed by atoms with Gasteiger partial charge in [-0.15, -0.1) is 0 Å². The van der Waals surface area contributed by atoms with E-state index in [0.717, 1.165) is 32.7 Å². The fourth-order valence-corrected chi connectivity index (χ4v) is 3.01. The van der Waals surface area contributed by atoms with Crippen molar-refractivity contribution in [1.82, 2.24) is 10.2 Å². The lowest BCUT2D eigenvalue weighted by Crippen LogP contribution is -2.71. The number of aliphatic hydroxyl groups is 1. The van der Waals surface area contributed by atoms with Crippen LogP contribution in [0.5, 0.6) is 0 Å². The first-order chi connectivity index (χ1) is 7.67. The van der Waals surface area contributed by atoms with Gasteiger partial charge in [-0.05, 0) is 26.3 Å². The Morgan fingerprint density at radius 3 is 2.81 bits per heavy atom. The maximum atomic E-state index is 10.5. The molecule has 0 aliphatic carbocycles. The van der Waals surface area contributed by atoms with Crippen molar-refractivity contribution in [2.45, 2.75) is 43.9 Å². The van der Waals surface area contributed by atoms with Gasteiger partial charge in [0.2, 0.25) is 0 Å². The van der Waals surface area contributed by atoms with E-state index in [9.17, 15) is 5.11 Å². The van der Waals surface area contributed by atoms with Gasteiger partial charge in [-0.1, -0.05) is 6.42 Å². The average molecular weight is 228 g/mol. The summed E-state index contributed by atoms with van der Waals surface area (Å²) in [5.41, 5.74) is -0.498. The number of rotatable bonds is 4. The predicted molar refractivity (Wildman–Crippen MR) is 63.5 cm³/mol. The zero-order valence-electron chi connectivity index (χ0n) is 10.4. The van der Waals surface area contributed by atoms with E-state index in [4.69, 9.17) is 4.74 Å². The number of methoxy groups -OCH3 is 1. The van der Waals surface area contributed by atoms with Gasteiger partial charge in [0.05, 0.1) is 6.61 Å². The molecular formula is C12H24N2O2. The molecule has 0 aromatic carbocycles. The molecule has 0 radical (unpaired) electrons. The zero-order valence-corrected chi connectivity index (χ0v) is 10.4. The Labute approximate surface area is 98.0 Å². The maximum absolute atomic E-state index is 10.5. The fraction of sp³-hybridized carbons (Fsp3) is 1.00. The van der Waals surface area contributed by atoms with E-state index in [2.05, 4.69) is 17.1 Å². The predicted octanol–water partition coefficient (Wildman–Crippen LogP) is 0.210. The van der Waals surface area contributed by atoms with E-state index in [1.165, 1.54) is 12.8 Å². The van der Waals surface area contributed by atoms with Gasteiger partial charge in [-0.2, -0.15) is 0 Å². The van der Waals surface area contributed by atoms with Crippen molar-refractivity contribution in [3.63, 3.8) is 0 Å². The fourth-order valence-electron chi connectivity index (χ4n) is 3.01. The summed E-state index contributed by atoms with van der Waals surface area (Å²) in [6.07, 6.45) is 3.60. The van der Waals surface area contributed by atoms with Crippen LogP contribution in [0.1, 0.15) is 26.2 Å². The first-order valence-corrected chi connectivity index (χ1v) is 6.35. The normalized spacial score (nSPS) is 32.1. The average Bonchev–Trinajstić information content (AvgIpc) is 2.26. The third-order valence-electron chi connectivity index (χ3n) is 4.00. The molecule has 2 fully saturated rings. The van der Waals surface area contributed by atoms with E-state index in [1.54, 1.807) is 7.11 Å². The number of hydrogen-bond acceptors (Lipinski definition) is 4. The number of nitrogens with one attached hydrogen (secondary N) is 1. The quantitative estimate of drug-likeness (QED) is 0.722. The van der Waals surface area contributed by atoms with Crippen molar-refractivity contribution in [3.8, 4) is 0 Å². The minimum atomic E-state index is -0.498. The van der Waals surface area contributed by atoms with Crippen LogP contribution in [0.25, 0.3) is 0 Å². The highest BCUT2D eigenvalue weighted by Crippen LogP contribution is 2.30. The van der Waals surface area contributed by atoms with Crippen LogP contribution in [-0.4, -0.2) is 61.0 Å². The van der Waals surface area contributed by atoms with Crippen LogP contribution in [0.2, 0.25) is 0 Å². The van der Waals surface area contributed by atoms with Crippen LogP contribution in [0.4, 0.5) is 0 Å². The molecule has 2 atom stereocenters. The van der Waals surface area contributed by atoms with E-state index >= 15 is 0 Å². The van der Waals surface area contributed by atoms with Crippen LogP contribution in [0.3, 0.4) is 0 Å². The first-order valence-electron chi connectivity index (χ1n) is 6.35. The van der Waals surface area contributed by atoms with Gasteiger partial charge in [-0.25, -0.2) is 0 Å². The molecule has 16 heavy (non-hydrogen) atoms. The van der Waals surface area contributed by atoms with Crippen molar-refractivity contribution in [1.29, 1.82) is 0 Å². The Kier molecular flexibility index (Phi) is 3.85. The van der Waals surface area contributed by atoms with Crippen LogP contribution in [0, 0.1) is 0 Å². The highest BCUT2D eigenvalue weighted by atomic mass is 16.5. The van der Waals surface area contributed by atoms with Crippen LogP contribution >= 0.6 is 0 Å². The lowest BCUT2D eigenvalue weighted by molar-refractivity contribution is -0.109. The van der Waals surface area contributed by atoms with Gasteiger partial charge in [0.25, 0.3) is 0 Å². The second-order valence-electron chi connectivity index (χ2n) is 5.26. The number of likely N-dealkylation sites (tertiary alicyclic amines) is 1. The molecule has 2 heterocycles. The highest BCUT2D eigenvalue weighted by Gasteiger charge is 2.46. The Hall–Kier alpha value is -0.160. The van der Waals surface area contributed by atoms with E-state index in [1.807, 2.05) is 0 Å². The molecule has 4 heteroatoms. The Morgan fingerprint density at radius 2 is 2.25 bits per heavy atom. The molecule has 0 spiro atoms. The van der Waals surface area contributed by atoms with Crippen molar-refractivity contribution in [2.24, 2.45) is 0 Å². The van der Waals surface area contributed by atoms with Gasteiger partial charge in [0.15, 0.2) is 0 Å². The molecule has 0 saturated carbocycles. The second-order valence-corrected chi connectivity index (χ2v) is 5.26. The standard InChI is InChI=1S/C12H24N2O2/c1-10(7-16-2)14-6-4-3-5-11(14)12(15)8-13-9-12/h10-11,13,15H,3-9H2,1-2H3/t10-,11-/m0/s1. The van der Waals surface area contributed by atoms with E-state index in [-0.39, 0.29) is 0 Å².